The van der Waals surface area contributed by atoms with E-state index in [0.717, 1.165) is 11.4 Å². The third-order valence-corrected chi connectivity index (χ3v) is 3.93. The Morgan fingerprint density at radius 2 is 1.71 bits per heavy atom. The van der Waals surface area contributed by atoms with Gasteiger partial charge in [-0.15, -0.1) is 0 Å². The molecule has 0 spiro atoms. The minimum atomic E-state index is 0.897. The first-order valence-corrected chi connectivity index (χ1v) is 6.31. The minimum Gasteiger partial charge on any atom is -0.497 e. The van der Waals surface area contributed by atoms with Gasteiger partial charge in [0, 0.05) is 9.79 Å². The van der Waals surface area contributed by atoms with Crippen molar-refractivity contribution < 1.29 is 4.74 Å². The Bertz CT molecular complexity index is 580. The second kappa shape index (κ2) is 4.00. The summed E-state index contributed by atoms with van der Waals surface area (Å²) in [5, 5.41) is 3.44. The first-order valence-electron chi connectivity index (χ1n) is 5.50. The molecule has 0 aromatic heterocycles. The maximum absolute atomic E-state index is 5.25. The summed E-state index contributed by atoms with van der Waals surface area (Å²) in [6.45, 7) is 2.11. The van der Waals surface area contributed by atoms with Crippen molar-refractivity contribution in [2.75, 3.05) is 12.4 Å². The molecule has 0 unspecified atom stereocenters. The summed E-state index contributed by atoms with van der Waals surface area (Å²) < 4.78 is 5.25. The molecule has 0 radical (unpaired) electrons. The average Bonchev–Trinajstić information content (AvgIpc) is 2.35. The van der Waals surface area contributed by atoms with Crippen molar-refractivity contribution in [3.63, 3.8) is 0 Å². The van der Waals surface area contributed by atoms with E-state index in [4.69, 9.17) is 4.74 Å². The molecule has 0 bridgehead atoms. The smallest absolute Gasteiger partial charge is 0.120 e. The summed E-state index contributed by atoms with van der Waals surface area (Å²) in [5.41, 5.74) is 3.61. The zero-order chi connectivity index (χ0) is 11.8. The van der Waals surface area contributed by atoms with E-state index in [1.165, 1.54) is 21.0 Å². The van der Waals surface area contributed by atoms with Gasteiger partial charge in [-0.05, 0) is 42.8 Å². The molecule has 2 aromatic carbocycles. The summed E-state index contributed by atoms with van der Waals surface area (Å²) in [5.74, 6) is 0.897. The lowest BCUT2D eigenvalue weighted by Gasteiger charge is -2.21. The molecule has 0 amide bonds. The third kappa shape index (κ3) is 1.87. The molecule has 1 aliphatic rings. The van der Waals surface area contributed by atoms with Gasteiger partial charge in [-0.25, -0.2) is 0 Å². The summed E-state index contributed by atoms with van der Waals surface area (Å²) >= 11 is 1.78. The highest BCUT2D eigenvalue weighted by molar-refractivity contribution is 7.99. The lowest BCUT2D eigenvalue weighted by molar-refractivity contribution is 0.414. The van der Waals surface area contributed by atoms with Gasteiger partial charge in [-0.3, -0.25) is 0 Å². The number of anilines is 2. The fourth-order valence-corrected chi connectivity index (χ4v) is 3.01. The summed E-state index contributed by atoms with van der Waals surface area (Å²) in [6, 6.07) is 12.6. The van der Waals surface area contributed by atoms with Crippen LogP contribution in [0.1, 0.15) is 5.56 Å². The lowest BCUT2D eigenvalue weighted by Crippen LogP contribution is -2.00. The zero-order valence-corrected chi connectivity index (χ0v) is 10.6. The maximum atomic E-state index is 5.25. The Morgan fingerprint density at radius 3 is 2.47 bits per heavy atom. The number of ether oxygens (including phenoxy) is 1. The Balaban J connectivity index is 2.05. The van der Waals surface area contributed by atoms with Crippen LogP contribution in [0.5, 0.6) is 5.75 Å². The maximum Gasteiger partial charge on any atom is 0.120 e. The van der Waals surface area contributed by atoms with Gasteiger partial charge in [0.15, 0.2) is 0 Å². The molecule has 1 heterocycles. The number of aryl methyl sites for hydroxylation is 1. The van der Waals surface area contributed by atoms with Gasteiger partial charge >= 0.3 is 0 Å². The van der Waals surface area contributed by atoms with Crippen molar-refractivity contribution in [2.45, 2.75) is 16.7 Å². The highest BCUT2D eigenvalue weighted by atomic mass is 32.2. The van der Waals surface area contributed by atoms with Crippen molar-refractivity contribution in [1.29, 1.82) is 0 Å². The van der Waals surface area contributed by atoms with Crippen LogP contribution in [0.15, 0.2) is 46.2 Å². The van der Waals surface area contributed by atoms with Crippen LogP contribution in [0.3, 0.4) is 0 Å². The Hall–Kier alpha value is -1.61. The van der Waals surface area contributed by atoms with Gasteiger partial charge in [0.1, 0.15) is 5.75 Å². The summed E-state index contributed by atoms with van der Waals surface area (Å²) in [6.07, 6.45) is 0. The summed E-state index contributed by atoms with van der Waals surface area (Å²) in [7, 11) is 1.70. The van der Waals surface area contributed by atoms with Gasteiger partial charge < -0.3 is 10.1 Å². The highest BCUT2D eigenvalue weighted by Crippen LogP contribution is 2.45. The second-order valence-corrected chi connectivity index (χ2v) is 5.17. The second-order valence-electron chi connectivity index (χ2n) is 4.09. The van der Waals surface area contributed by atoms with E-state index in [9.17, 15) is 0 Å². The molecular formula is C14H13NOS. The average molecular weight is 243 g/mol. The topological polar surface area (TPSA) is 21.3 Å². The molecule has 1 aliphatic heterocycles. The van der Waals surface area contributed by atoms with Crippen LogP contribution in [0.2, 0.25) is 0 Å². The molecule has 0 aliphatic carbocycles. The zero-order valence-electron chi connectivity index (χ0n) is 9.78. The van der Waals surface area contributed by atoms with Crippen LogP contribution in [0.4, 0.5) is 11.4 Å². The van der Waals surface area contributed by atoms with Gasteiger partial charge in [-0.1, -0.05) is 17.8 Å². The Labute approximate surface area is 105 Å². The number of hydrogen-bond acceptors (Lipinski definition) is 3. The van der Waals surface area contributed by atoms with Crippen LogP contribution >= 0.6 is 11.8 Å². The van der Waals surface area contributed by atoms with E-state index >= 15 is 0 Å². The van der Waals surface area contributed by atoms with Crippen LogP contribution < -0.4 is 10.1 Å². The number of hydrogen-bond donors (Lipinski definition) is 1. The molecule has 0 fully saturated rings. The quantitative estimate of drug-likeness (QED) is 0.691. The van der Waals surface area contributed by atoms with Gasteiger partial charge in [0.05, 0.1) is 18.5 Å². The normalized spacial score (nSPS) is 12.4. The number of rotatable bonds is 1. The molecule has 1 N–H and O–H groups in total. The standard InChI is InChI=1S/C14H13NOS/c1-9-3-5-11-13(7-9)17-14-8-10(16-2)4-6-12(14)15-11/h3-8,15H,1-2H3. The monoisotopic (exact) mass is 243 g/mol. The van der Waals surface area contributed by atoms with E-state index in [0.29, 0.717) is 0 Å². The molecule has 3 heteroatoms. The number of methoxy groups -OCH3 is 1. The van der Waals surface area contributed by atoms with Crippen LogP contribution in [-0.2, 0) is 0 Å². The first-order chi connectivity index (χ1) is 8.26. The third-order valence-electron chi connectivity index (χ3n) is 2.82. The SMILES string of the molecule is COc1ccc2c(c1)Sc1cc(C)ccc1N2. The molecule has 3 rings (SSSR count). The fraction of sp³-hybridized carbons (Fsp3) is 0.143. The van der Waals surface area contributed by atoms with Gasteiger partial charge in [0.25, 0.3) is 0 Å². The van der Waals surface area contributed by atoms with Crippen LogP contribution in [0, 0.1) is 6.92 Å². The van der Waals surface area contributed by atoms with E-state index in [-0.39, 0.29) is 0 Å². The van der Waals surface area contributed by atoms with Crippen LogP contribution in [0.25, 0.3) is 0 Å². The van der Waals surface area contributed by atoms with Gasteiger partial charge in [-0.2, -0.15) is 0 Å². The largest absolute Gasteiger partial charge is 0.497 e. The molecule has 0 atom stereocenters. The molecule has 0 saturated heterocycles. The number of benzene rings is 2. The summed E-state index contributed by atoms with van der Waals surface area (Å²) in [4.78, 5) is 2.48. The predicted octanol–water partition coefficient (Wildman–Crippen LogP) is 4.21. The van der Waals surface area contributed by atoms with Crippen molar-refractivity contribution in [3.05, 3.63) is 42.0 Å². The van der Waals surface area contributed by atoms with Crippen molar-refractivity contribution in [1.82, 2.24) is 0 Å². The molecule has 17 heavy (non-hydrogen) atoms. The fourth-order valence-electron chi connectivity index (χ4n) is 1.90. The van der Waals surface area contributed by atoms with Crippen LogP contribution in [-0.4, -0.2) is 7.11 Å². The number of nitrogens with one attached hydrogen (secondary N) is 1. The molecule has 2 nitrogen and oxygen atoms in total. The Kier molecular flexibility index (Phi) is 2.48. The van der Waals surface area contributed by atoms with E-state index in [2.05, 4.69) is 42.6 Å². The van der Waals surface area contributed by atoms with E-state index in [1.807, 2.05) is 6.07 Å². The van der Waals surface area contributed by atoms with Crippen molar-refractivity contribution >= 4 is 23.1 Å². The molecule has 0 saturated carbocycles. The van der Waals surface area contributed by atoms with Gasteiger partial charge in [0.2, 0.25) is 0 Å². The highest BCUT2D eigenvalue weighted by Gasteiger charge is 2.15. The Morgan fingerprint density at radius 1 is 1.00 bits per heavy atom. The van der Waals surface area contributed by atoms with E-state index < -0.39 is 0 Å². The molecule has 86 valence electrons. The number of fused-ring (bicyclic) bond motifs is 2. The lowest BCUT2D eigenvalue weighted by atomic mass is 10.2. The minimum absolute atomic E-state index is 0.897. The molecule has 2 aromatic rings. The predicted molar refractivity (Wildman–Crippen MR) is 71.6 cm³/mol. The molecular weight excluding hydrogens is 230 g/mol. The van der Waals surface area contributed by atoms with Crippen molar-refractivity contribution in [3.8, 4) is 5.75 Å². The van der Waals surface area contributed by atoms with E-state index in [1.54, 1.807) is 18.9 Å². The van der Waals surface area contributed by atoms with Crippen molar-refractivity contribution in [2.24, 2.45) is 0 Å². The first kappa shape index (κ1) is 10.5.